The predicted octanol–water partition coefficient (Wildman–Crippen LogP) is 0.302. The van der Waals surface area contributed by atoms with E-state index in [1.165, 1.54) is 12.8 Å². The van der Waals surface area contributed by atoms with E-state index in [0.29, 0.717) is 5.92 Å². The van der Waals surface area contributed by atoms with Crippen molar-refractivity contribution < 1.29 is 0 Å². The van der Waals surface area contributed by atoms with Crippen LogP contribution < -0.4 is 10.2 Å². The number of nitrogens with zero attached hydrogens (tertiary/aromatic N) is 4. The van der Waals surface area contributed by atoms with Gasteiger partial charge in [-0.2, -0.15) is 4.98 Å². The lowest BCUT2D eigenvalue weighted by molar-refractivity contribution is 0.390. The topological polar surface area (TPSA) is 60.1 Å². The summed E-state index contributed by atoms with van der Waals surface area (Å²) >= 11 is 0. The summed E-state index contributed by atoms with van der Waals surface area (Å²) in [5.74, 6) is 2.50. The average molecular weight is 252 g/mol. The molecule has 1 unspecified atom stereocenters. The summed E-state index contributed by atoms with van der Waals surface area (Å²) in [7, 11) is 6.08. The Kier molecular flexibility index (Phi) is 4.54. The molecule has 1 aliphatic heterocycles. The summed E-state index contributed by atoms with van der Waals surface area (Å²) in [6, 6.07) is 0. The van der Waals surface area contributed by atoms with E-state index < -0.39 is 0 Å². The van der Waals surface area contributed by atoms with Gasteiger partial charge in [-0.3, -0.25) is 5.10 Å². The molecular formula is C12H24N6. The average Bonchev–Trinajstić information content (AvgIpc) is 2.77. The van der Waals surface area contributed by atoms with Crippen molar-refractivity contribution in [3.05, 3.63) is 5.82 Å². The molecule has 0 saturated carbocycles. The zero-order valence-corrected chi connectivity index (χ0v) is 11.6. The molecule has 6 nitrogen and oxygen atoms in total. The van der Waals surface area contributed by atoms with Gasteiger partial charge < -0.3 is 15.1 Å². The van der Waals surface area contributed by atoms with Crippen LogP contribution in [0.4, 0.5) is 5.95 Å². The smallest absolute Gasteiger partial charge is 0.244 e. The monoisotopic (exact) mass is 252 g/mol. The third-order valence-corrected chi connectivity index (χ3v) is 3.28. The highest BCUT2D eigenvalue weighted by Crippen LogP contribution is 2.19. The molecule has 6 heteroatoms. The molecule has 1 aromatic rings. The second-order valence-electron chi connectivity index (χ2n) is 5.33. The minimum absolute atomic E-state index is 0.708. The maximum atomic E-state index is 4.57. The number of aromatic nitrogens is 3. The first-order valence-electron chi connectivity index (χ1n) is 6.64. The molecule has 1 aliphatic rings. The Bertz CT molecular complexity index is 359. The fraction of sp³-hybridized carbons (Fsp3) is 0.833. The summed E-state index contributed by atoms with van der Waals surface area (Å²) in [5.41, 5.74) is 0. The lowest BCUT2D eigenvalue weighted by Gasteiger charge is -2.31. The van der Waals surface area contributed by atoms with Gasteiger partial charge in [0.2, 0.25) is 5.95 Å². The van der Waals surface area contributed by atoms with E-state index in [0.717, 1.165) is 38.0 Å². The summed E-state index contributed by atoms with van der Waals surface area (Å²) < 4.78 is 0. The molecule has 102 valence electrons. The van der Waals surface area contributed by atoms with Crippen molar-refractivity contribution in [1.29, 1.82) is 0 Å². The lowest BCUT2D eigenvalue weighted by Crippen LogP contribution is -2.39. The summed E-state index contributed by atoms with van der Waals surface area (Å²) in [5, 5.41) is 10.6. The van der Waals surface area contributed by atoms with Gasteiger partial charge in [0.25, 0.3) is 0 Å². The van der Waals surface area contributed by atoms with E-state index in [9.17, 15) is 0 Å². The van der Waals surface area contributed by atoms with Gasteiger partial charge in [0.1, 0.15) is 5.82 Å². The number of nitrogens with one attached hydrogen (secondary N) is 2. The van der Waals surface area contributed by atoms with Crippen LogP contribution in [0.25, 0.3) is 0 Å². The minimum Gasteiger partial charge on any atom is -0.339 e. The Balaban J connectivity index is 1.95. The number of piperidine rings is 1. The highest BCUT2D eigenvalue weighted by molar-refractivity contribution is 5.29. The van der Waals surface area contributed by atoms with Crippen LogP contribution in [-0.4, -0.2) is 60.9 Å². The first-order valence-corrected chi connectivity index (χ1v) is 6.64. The van der Waals surface area contributed by atoms with Gasteiger partial charge in [-0.25, -0.2) is 0 Å². The lowest BCUT2D eigenvalue weighted by atomic mass is 9.98. The molecule has 2 N–H and O–H groups in total. The van der Waals surface area contributed by atoms with Crippen molar-refractivity contribution in [2.24, 2.45) is 5.92 Å². The molecule has 2 rings (SSSR count). The summed E-state index contributed by atoms with van der Waals surface area (Å²) in [6.45, 7) is 4.01. The summed E-state index contributed by atoms with van der Waals surface area (Å²) in [4.78, 5) is 8.95. The van der Waals surface area contributed by atoms with Gasteiger partial charge in [-0.1, -0.05) is 0 Å². The third-order valence-electron chi connectivity index (χ3n) is 3.28. The molecule has 0 spiro atoms. The molecule has 0 bridgehead atoms. The maximum absolute atomic E-state index is 4.57. The first-order chi connectivity index (χ1) is 8.69. The first kappa shape index (κ1) is 13.3. The van der Waals surface area contributed by atoms with Crippen LogP contribution in [0.15, 0.2) is 0 Å². The van der Waals surface area contributed by atoms with Gasteiger partial charge in [-0.05, 0) is 46.4 Å². The molecule has 0 aliphatic carbocycles. The van der Waals surface area contributed by atoms with Crippen LogP contribution in [0, 0.1) is 5.92 Å². The number of aromatic amines is 1. The third kappa shape index (κ3) is 3.43. The normalized spacial score (nSPS) is 20.7. The van der Waals surface area contributed by atoms with Crippen LogP contribution in [-0.2, 0) is 6.54 Å². The van der Waals surface area contributed by atoms with Gasteiger partial charge >= 0.3 is 0 Å². The van der Waals surface area contributed by atoms with Gasteiger partial charge in [0, 0.05) is 13.1 Å². The maximum Gasteiger partial charge on any atom is 0.244 e. The standard InChI is InChI=1S/C12H24N6/c1-13-7-10-5-4-6-18(8-10)12-14-11(15-16-12)9-17(2)3/h10,13H,4-9H2,1-3H3,(H,14,15,16). The minimum atomic E-state index is 0.708. The Labute approximate surface area is 109 Å². The van der Waals surface area contributed by atoms with Crippen LogP contribution in [0.2, 0.25) is 0 Å². The Morgan fingerprint density at radius 3 is 3.06 bits per heavy atom. The van der Waals surface area contributed by atoms with E-state index in [-0.39, 0.29) is 0 Å². The molecule has 1 aromatic heterocycles. The molecule has 1 saturated heterocycles. The van der Waals surface area contributed by atoms with Crippen molar-refractivity contribution in [3.63, 3.8) is 0 Å². The Morgan fingerprint density at radius 1 is 1.50 bits per heavy atom. The van der Waals surface area contributed by atoms with E-state index >= 15 is 0 Å². The molecule has 1 atom stereocenters. The van der Waals surface area contributed by atoms with Crippen LogP contribution in [0.5, 0.6) is 0 Å². The van der Waals surface area contributed by atoms with Crippen molar-refractivity contribution in [2.45, 2.75) is 19.4 Å². The Morgan fingerprint density at radius 2 is 2.33 bits per heavy atom. The SMILES string of the molecule is CNCC1CCCN(c2n[nH]c(CN(C)C)n2)C1. The molecule has 18 heavy (non-hydrogen) atoms. The Hall–Kier alpha value is -1.14. The van der Waals surface area contributed by atoms with Gasteiger partial charge in [0.15, 0.2) is 0 Å². The highest BCUT2D eigenvalue weighted by Gasteiger charge is 2.22. The van der Waals surface area contributed by atoms with E-state index in [4.69, 9.17) is 0 Å². The molecule has 1 fully saturated rings. The highest BCUT2D eigenvalue weighted by atomic mass is 15.4. The fourth-order valence-corrected chi connectivity index (χ4v) is 2.50. The number of anilines is 1. The zero-order valence-electron chi connectivity index (χ0n) is 11.6. The van der Waals surface area contributed by atoms with Crippen LogP contribution >= 0.6 is 0 Å². The number of hydrogen-bond acceptors (Lipinski definition) is 5. The van der Waals surface area contributed by atoms with Crippen molar-refractivity contribution >= 4 is 5.95 Å². The summed E-state index contributed by atoms with van der Waals surface area (Å²) in [6.07, 6.45) is 2.52. The van der Waals surface area contributed by atoms with Crippen molar-refractivity contribution in [1.82, 2.24) is 25.4 Å². The zero-order chi connectivity index (χ0) is 13.0. The van der Waals surface area contributed by atoms with E-state index in [1.54, 1.807) is 0 Å². The van der Waals surface area contributed by atoms with Gasteiger partial charge in [0.05, 0.1) is 6.54 Å². The quantitative estimate of drug-likeness (QED) is 0.789. The molecule has 0 radical (unpaired) electrons. The van der Waals surface area contributed by atoms with Crippen LogP contribution in [0.3, 0.4) is 0 Å². The fourth-order valence-electron chi connectivity index (χ4n) is 2.50. The van der Waals surface area contributed by atoms with E-state index in [1.807, 2.05) is 21.1 Å². The second kappa shape index (κ2) is 6.15. The molecule has 0 amide bonds. The molecular weight excluding hydrogens is 228 g/mol. The van der Waals surface area contributed by atoms with Crippen molar-refractivity contribution in [3.8, 4) is 0 Å². The van der Waals surface area contributed by atoms with Crippen molar-refractivity contribution in [2.75, 3.05) is 45.7 Å². The number of H-pyrrole nitrogens is 1. The van der Waals surface area contributed by atoms with E-state index in [2.05, 4.69) is 30.3 Å². The molecule has 0 aromatic carbocycles. The number of hydrogen-bond donors (Lipinski definition) is 2. The predicted molar refractivity (Wildman–Crippen MR) is 72.6 cm³/mol. The van der Waals surface area contributed by atoms with Crippen LogP contribution in [0.1, 0.15) is 18.7 Å². The number of rotatable bonds is 5. The molecule has 2 heterocycles. The second-order valence-corrected chi connectivity index (χ2v) is 5.33. The van der Waals surface area contributed by atoms with Gasteiger partial charge in [-0.15, -0.1) is 5.10 Å². The largest absolute Gasteiger partial charge is 0.339 e.